The van der Waals surface area contributed by atoms with E-state index in [-0.39, 0.29) is 11.1 Å². The number of hydrogen-bond acceptors (Lipinski definition) is 5. The fourth-order valence-corrected chi connectivity index (χ4v) is 3.26. The van der Waals surface area contributed by atoms with Crippen molar-refractivity contribution in [2.45, 2.75) is 13.8 Å². The number of Topliss-reactive ketones (excluding diaryl/α,β-unsaturated/α-hetero) is 1. The van der Waals surface area contributed by atoms with Crippen molar-refractivity contribution in [3.63, 3.8) is 0 Å². The summed E-state index contributed by atoms with van der Waals surface area (Å²) in [5.41, 5.74) is -0.739. The predicted molar refractivity (Wildman–Crippen MR) is 54.4 cm³/mol. The van der Waals surface area contributed by atoms with Crippen molar-refractivity contribution >= 4 is 13.4 Å². The molecule has 0 unspecified atom stereocenters. The molecule has 0 saturated heterocycles. The Balaban J connectivity index is 3.28. The van der Waals surface area contributed by atoms with Gasteiger partial charge in [-0.2, -0.15) is 0 Å². The third-order valence-electron chi connectivity index (χ3n) is 2.52. The molecule has 0 aromatic heterocycles. The van der Waals surface area contributed by atoms with Crippen LogP contribution in [0, 0.1) is 5.41 Å². The van der Waals surface area contributed by atoms with Gasteiger partial charge in [-0.3, -0.25) is 9.36 Å². The minimum atomic E-state index is -3.49. The fourth-order valence-electron chi connectivity index (χ4n) is 1.59. The molecule has 0 spiro atoms. The summed E-state index contributed by atoms with van der Waals surface area (Å²) in [5, 5.41) is 0.0278. The maximum Gasteiger partial charge on any atom is 0.367 e. The zero-order valence-electron chi connectivity index (χ0n) is 9.49. The van der Waals surface area contributed by atoms with Crippen LogP contribution in [0.1, 0.15) is 13.8 Å². The Labute approximate surface area is 88.9 Å². The fraction of sp³-hybridized carbons (Fsp3) is 0.667. The van der Waals surface area contributed by atoms with Crippen molar-refractivity contribution in [2.75, 3.05) is 21.3 Å². The highest BCUT2D eigenvalue weighted by Gasteiger charge is 2.56. The first-order valence-electron chi connectivity index (χ1n) is 4.40. The number of methoxy groups -OCH3 is 1. The van der Waals surface area contributed by atoms with Gasteiger partial charge in [0.25, 0.3) is 0 Å². The first kappa shape index (κ1) is 12.4. The van der Waals surface area contributed by atoms with Gasteiger partial charge in [-0.25, -0.2) is 0 Å². The SMILES string of the molecule is COC1=C(P(=O)(OC)OC)C(=O)C1(C)C. The standard InChI is InChI=1S/C9H15O5P/c1-9(2)7(10)6(8(9)12-3)15(11,13-4)14-5/h1-5H3. The van der Waals surface area contributed by atoms with Gasteiger partial charge in [-0.1, -0.05) is 0 Å². The molecule has 1 aliphatic carbocycles. The van der Waals surface area contributed by atoms with Crippen LogP contribution >= 0.6 is 7.60 Å². The summed E-state index contributed by atoms with van der Waals surface area (Å²) in [6.45, 7) is 3.40. The maximum atomic E-state index is 12.0. The first-order chi connectivity index (χ1) is 6.85. The zero-order chi connectivity index (χ0) is 11.9. The van der Waals surface area contributed by atoms with Crippen molar-refractivity contribution < 1.29 is 23.1 Å². The molecule has 5 nitrogen and oxygen atoms in total. The van der Waals surface area contributed by atoms with Crippen LogP contribution in [0.25, 0.3) is 0 Å². The largest absolute Gasteiger partial charge is 0.499 e. The molecule has 0 aliphatic heterocycles. The molecule has 0 aromatic rings. The Morgan fingerprint density at radius 1 is 1.13 bits per heavy atom. The summed E-state index contributed by atoms with van der Waals surface area (Å²) >= 11 is 0. The van der Waals surface area contributed by atoms with Crippen LogP contribution in [0.4, 0.5) is 0 Å². The van der Waals surface area contributed by atoms with E-state index in [1.807, 2.05) is 0 Å². The van der Waals surface area contributed by atoms with Crippen molar-refractivity contribution in [3.8, 4) is 0 Å². The number of ketones is 1. The number of carbonyl (C=O) groups is 1. The molecule has 6 heteroatoms. The second-order valence-corrected chi connectivity index (χ2v) is 5.87. The highest BCUT2D eigenvalue weighted by molar-refractivity contribution is 7.60. The molecule has 0 fully saturated rings. The molecule has 0 bridgehead atoms. The summed E-state index contributed by atoms with van der Waals surface area (Å²) in [5.74, 6) is 0.117. The second-order valence-electron chi connectivity index (χ2n) is 3.70. The van der Waals surface area contributed by atoms with Gasteiger partial charge in [0, 0.05) is 14.2 Å². The Bertz CT molecular complexity index is 361. The molecule has 0 heterocycles. The monoisotopic (exact) mass is 234 g/mol. The van der Waals surface area contributed by atoms with Gasteiger partial charge >= 0.3 is 7.60 Å². The van der Waals surface area contributed by atoms with Gasteiger partial charge in [0.1, 0.15) is 11.1 Å². The van der Waals surface area contributed by atoms with Crippen molar-refractivity contribution in [1.29, 1.82) is 0 Å². The lowest BCUT2D eigenvalue weighted by atomic mass is 9.76. The molecule has 0 aromatic carbocycles. The van der Waals surface area contributed by atoms with Gasteiger partial charge in [0.2, 0.25) is 0 Å². The predicted octanol–water partition coefficient (Wildman–Crippen LogP) is 1.94. The third-order valence-corrected chi connectivity index (χ3v) is 4.44. The lowest BCUT2D eigenvalue weighted by Crippen LogP contribution is -2.40. The topological polar surface area (TPSA) is 61.8 Å². The van der Waals surface area contributed by atoms with Crippen LogP contribution in [0.2, 0.25) is 0 Å². The Kier molecular flexibility index (Phi) is 3.10. The third kappa shape index (κ3) is 1.55. The molecule has 86 valence electrons. The van der Waals surface area contributed by atoms with E-state index in [4.69, 9.17) is 13.8 Å². The average molecular weight is 234 g/mol. The summed E-state index contributed by atoms with van der Waals surface area (Å²) in [6, 6.07) is 0. The smallest absolute Gasteiger partial charge is 0.367 e. The Morgan fingerprint density at radius 3 is 1.93 bits per heavy atom. The number of hydrogen-bond donors (Lipinski definition) is 0. The normalized spacial score (nSPS) is 20.2. The van der Waals surface area contributed by atoms with Crippen molar-refractivity contribution in [2.24, 2.45) is 5.41 Å². The van der Waals surface area contributed by atoms with E-state index in [0.717, 1.165) is 0 Å². The number of rotatable bonds is 4. The molecule has 0 N–H and O–H groups in total. The molecule has 1 rings (SSSR count). The van der Waals surface area contributed by atoms with E-state index in [1.54, 1.807) is 13.8 Å². The lowest BCUT2D eigenvalue weighted by Gasteiger charge is -2.38. The molecule has 0 saturated carbocycles. The van der Waals surface area contributed by atoms with Crippen LogP contribution in [0.5, 0.6) is 0 Å². The molecular formula is C9H15O5P. The van der Waals surface area contributed by atoms with E-state index in [0.29, 0.717) is 5.76 Å². The Morgan fingerprint density at radius 2 is 1.60 bits per heavy atom. The zero-order valence-corrected chi connectivity index (χ0v) is 10.4. The van der Waals surface area contributed by atoms with Crippen LogP contribution < -0.4 is 0 Å². The summed E-state index contributed by atoms with van der Waals surface area (Å²) < 4.78 is 26.6. The summed E-state index contributed by atoms with van der Waals surface area (Å²) in [4.78, 5) is 11.7. The van der Waals surface area contributed by atoms with Gasteiger partial charge in [0.15, 0.2) is 5.78 Å². The molecule has 1 aliphatic rings. The molecular weight excluding hydrogens is 219 g/mol. The molecule has 0 amide bonds. The van der Waals surface area contributed by atoms with E-state index in [2.05, 4.69) is 0 Å². The van der Waals surface area contributed by atoms with Crippen molar-refractivity contribution in [1.82, 2.24) is 0 Å². The average Bonchev–Trinajstić information content (AvgIpc) is 2.23. The van der Waals surface area contributed by atoms with Crippen LogP contribution in [-0.4, -0.2) is 27.1 Å². The van der Waals surface area contributed by atoms with Gasteiger partial charge in [0.05, 0.1) is 12.5 Å². The van der Waals surface area contributed by atoms with Gasteiger partial charge in [-0.15, -0.1) is 0 Å². The minimum absolute atomic E-state index is 0.0278. The molecule has 15 heavy (non-hydrogen) atoms. The second kappa shape index (κ2) is 3.74. The van der Waals surface area contributed by atoms with Crippen LogP contribution in [0.15, 0.2) is 11.1 Å². The summed E-state index contributed by atoms with van der Waals surface area (Å²) in [6.07, 6.45) is 0. The summed E-state index contributed by atoms with van der Waals surface area (Å²) in [7, 11) is 0.419. The number of ether oxygens (including phenoxy) is 1. The minimum Gasteiger partial charge on any atom is -0.499 e. The number of carbonyl (C=O) groups excluding carboxylic acids is 1. The molecule has 0 radical (unpaired) electrons. The van der Waals surface area contributed by atoms with Gasteiger partial charge in [-0.05, 0) is 13.8 Å². The highest BCUT2D eigenvalue weighted by atomic mass is 31.2. The van der Waals surface area contributed by atoms with Gasteiger partial charge < -0.3 is 13.8 Å². The van der Waals surface area contributed by atoms with E-state index in [9.17, 15) is 9.36 Å². The quantitative estimate of drug-likeness (QED) is 0.695. The number of allylic oxidation sites excluding steroid dienone is 2. The lowest BCUT2D eigenvalue weighted by molar-refractivity contribution is -0.126. The molecule has 0 atom stereocenters. The van der Waals surface area contributed by atoms with E-state index < -0.39 is 13.0 Å². The first-order valence-corrected chi connectivity index (χ1v) is 5.95. The van der Waals surface area contributed by atoms with Crippen LogP contribution in [-0.2, 0) is 23.1 Å². The van der Waals surface area contributed by atoms with Crippen molar-refractivity contribution in [3.05, 3.63) is 11.1 Å². The highest BCUT2D eigenvalue weighted by Crippen LogP contribution is 2.64. The maximum absolute atomic E-state index is 12.0. The van der Waals surface area contributed by atoms with E-state index >= 15 is 0 Å². The van der Waals surface area contributed by atoms with Crippen LogP contribution in [0.3, 0.4) is 0 Å². The Hall–Kier alpha value is -0.640. The van der Waals surface area contributed by atoms with E-state index in [1.165, 1.54) is 21.3 Å².